The number of rotatable bonds is 7. The molecule has 0 spiro atoms. The van der Waals surface area contributed by atoms with Crippen molar-refractivity contribution in [1.82, 2.24) is 4.72 Å². The minimum atomic E-state index is -3.44. The van der Waals surface area contributed by atoms with Crippen molar-refractivity contribution in [1.29, 1.82) is 0 Å². The highest BCUT2D eigenvalue weighted by atomic mass is 32.2. The number of aliphatic hydroxyl groups excluding tert-OH is 1. The average molecular weight is 275 g/mol. The molecule has 0 aliphatic heterocycles. The second-order valence-electron chi connectivity index (χ2n) is 3.55. The average Bonchev–Trinajstić information content (AvgIpc) is 2.36. The number of sulfonamides is 1. The first-order valence-electron chi connectivity index (χ1n) is 5.31. The van der Waals surface area contributed by atoms with Crippen LogP contribution < -0.4 is 14.2 Å². The molecule has 1 aromatic carbocycles. The van der Waals surface area contributed by atoms with Crippen molar-refractivity contribution >= 4 is 10.0 Å². The molecule has 0 unspecified atom stereocenters. The smallest absolute Gasteiger partial charge is 0.214 e. The first kappa shape index (κ1) is 14.7. The lowest BCUT2D eigenvalue weighted by Crippen LogP contribution is -2.27. The van der Waals surface area contributed by atoms with Gasteiger partial charge in [0.1, 0.15) is 0 Å². The van der Waals surface area contributed by atoms with Crippen molar-refractivity contribution in [3.05, 3.63) is 23.8 Å². The molecule has 1 aromatic rings. The van der Waals surface area contributed by atoms with Gasteiger partial charge < -0.3 is 14.6 Å². The van der Waals surface area contributed by atoms with Crippen LogP contribution in [-0.4, -0.2) is 40.1 Å². The number of methoxy groups -OCH3 is 2. The van der Waals surface area contributed by atoms with E-state index in [1.54, 1.807) is 18.2 Å². The van der Waals surface area contributed by atoms with E-state index in [0.717, 1.165) is 5.56 Å². The fourth-order valence-corrected chi connectivity index (χ4v) is 2.15. The van der Waals surface area contributed by atoms with Crippen LogP contribution in [0.3, 0.4) is 0 Å². The van der Waals surface area contributed by atoms with Gasteiger partial charge in [0.25, 0.3) is 0 Å². The van der Waals surface area contributed by atoms with Crippen LogP contribution >= 0.6 is 0 Å². The molecule has 0 bridgehead atoms. The maximum atomic E-state index is 11.4. The van der Waals surface area contributed by atoms with Crippen molar-refractivity contribution in [2.24, 2.45) is 0 Å². The summed E-state index contributed by atoms with van der Waals surface area (Å²) < 4.78 is 35.3. The summed E-state index contributed by atoms with van der Waals surface area (Å²) in [6, 6.07) is 5.14. The molecule has 18 heavy (non-hydrogen) atoms. The summed E-state index contributed by atoms with van der Waals surface area (Å²) >= 11 is 0. The van der Waals surface area contributed by atoms with Crippen LogP contribution in [0.1, 0.15) is 5.56 Å². The van der Waals surface area contributed by atoms with Crippen LogP contribution in [0.4, 0.5) is 0 Å². The van der Waals surface area contributed by atoms with Gasteiger partial charge >= 0.3 is 0 Å². The summed E-state index contributed by atoms with van der Waals surface area (Å²) in [7, 11) is -0.396. The number of aliphatic hydroxyl groups is 1. The highest BCUT2D eigenvalue weighted by Gasteiger charge is 2.10. The molecule has 0 heterocycles. The largest absolute Gasteiger partial charge is 0.493 e. The summed E-state index contributed by atoms with van der Waals surface area (Å²) in [5.74, 6) is 0.816. The molecule has 0 atom stereocenters. The molecule has 0 aliphatic rings. The molecule has 102 valence electrons. The molecule has 0 amide bonds. The van der Waals surface area contributed by atoms with Crippen molar-refractivity contribution in [3.8, 4) is 11.5 Å². The van der Waals surface area contributed by atoms with E-state index in [0.29, 0.717) is 11.5 Å². The maximum Gasteiger partial charge on any atom is 0.214 e. The van der Waals surface area contributed by atoms with Crippen LogP contribution in [0.2, 0.25) is 0 Å². The Hall–Kier alpha value is -1.31. The zero-order valence-corrected chi connectivity index (χ0v) is 11.2. The number of benzene rings is 1. The third kappa shape index (κ3) is 4.17. The van der Waals surface area contributed by atoms with E-state index in [4.69, 9.17) is 14.6 Å². The topological polar surface area (TPSA) is 84.9 Å². The Morgan fingerprint density at radius 3 is 2.44 bits per heavy atom. The van der Waals surface area contributed by atoms with Gasteiger partial charge in [-0.15, -0.1) is 0 Å². The van der Waals surface area contributed by atoms with Crippen LogP contribution in [0.5, 0.6) is 11.5 Å². The van der Waals surface area contributed by atoms with E-state index in [9.17, 15) is 8.42 Å². The number of hydrogen-bond donors (Lipinski definition) is 2. The van der Waals surface area contributed by atoms with Crippen LogP contribution in [0, 0.1) is 0 Å². The lowest BCUT2D eigenvalue weighted by Gasteiger charge is -2.10. The normalized spacial score (nSPS) is 11.3. The maximum absolute atomic E-state index is 11.4. The van der Waals surface area contributed by atoms with Gasteiger partial charge in [0.2, 0.25) is 10.0 Å². The Kier molecular flexibility index (Phi) is 5.39. The predicted octanol–water partition coefficient (Wildman–Crippen LogP) is 0.115. The van der Waals surface area contributed by atoms with E-state index in [1.807, 2.05) is 0 Å². The van der Waals surface area contributed by atoms with Gasteiger partial charge in [-0.05, 0) is 17.7 Å². The van der Waals surface area contributed by atoms with E-state index < -0.39 is 16.6 Å². The van der Waals surface area contributed by atoms with Gasteiger partial charge in [-0.25, -0.2) is 13.1 Å². The summed E-state index contributed by atoms with van der Waals surface area (Å²) in [5, 5.41) is 8.59. The zero-order chi connectivity index (χ0) is 13.6. The first-order valence-corrected chi connectivity index (χ1v) is 6.96. The Bertz CT molecular complexity index is 486. The molecule has 0 aromatic heterocycles. The Balaban J connectivity index is 2.74. The Morgan fingerprint density at radius 1 is 1.22 bits per heavy atom. The standard InChI is InChI=1S/C11H17NO5S/c1-16-10-4-3-9(7-11(10)17-2)8-12-18(14,15)6-5-13/h3-4,7,12-13H,5-6,8H2,1-2H3. The quantitative estimate of drug-likeness (QED) is 0.738. The number of nitrogens with one attached hydrogen (secondary N) is 1. The minimum Gasteiger partial charge on any atom is -0.493 e. The highest BCUT2D eigenvalue weighted by molar-refractivity contribution is 7.89. The number of ether oxygens (including phenoxy) is 2. The van der Waals surface area contributed by atoms with Crippen molar-refractivity contribution < 1.29 is 23.0 Å². The summed E-state index contributed by atoms with van der Waals surface area (Å²) in [6.07, 6.45) is 0. The molecule has 0 radical (unpaired) electrons. The summed E-state index contributed by atoms with van der Waals surface area (Å²) in [4.78, 5) is 0. The van der Waals surface area contributed by atoms with Crippen LogP contribution in [0.15, 0.2) is 18.2 Å². The van der Waals surface area contributed by atoms with Gasteiger partial charge in [-0.1, -0.05) is 6.07 Å². The Morgan fingerprint density at radius 2 is 1.89 bits per heavy atom. The minimum absolute atomic E-state index is 0.142. The van der Waals surface area contributed by atoms with Crippen molar-refractivity contribution in [2.45, 2.75) is 6.54 Å². The van der Waals surface area contributed by atoms with E-state index in [2.05, 4.69) is 4.72 Å². The number of hydrogen-bond acceptors (Lipinski definition) is 5. The molecule has 0 saturated carbocycles. The molecular formula is C11H17NO5S. The molecule has 0 aliphatic carbocycles. The van der Waals surface area contributed by atoms with Gasteiger partial charge in [0.05, 0.1) is 26.6 Å². The third-order valence-electron chi connectivity index (χ3n) is 2.30. The second kappa shape index (κ2) is 6.58. The molecule has 6 nitrogen and oxygen atoms in total. The van der Waals surface area contributed by atoms with Crippen LogP contribution in [0.25, 0.3) is 0 Å². The molecular weight excluding hydrogens is 258 g/mol. The summed E-state index contributed by atoms with van der Waals surface area (Å²) in [5.41, 5.74) is 0.745. The van der Waals surface area contributed by atoms with E-state index in [1.165, 1.54) is 14.2 Å². The molecule has 1 rings (SSSR count). The molecule has 0 saturated heterocycles. The SMILES string of the molecule is COc1ccc(CNS(=O)(=O)CCO)cc1OC. The Labute approximate surface area is 107 Å². The third-order valence-corrected chi connectivity index (χ3v) is 3.61. The second-order valence-corrected chi connectivity index (χ2v) is 5.48. The van der Waals surface area contributed by atoms with Gasteiger partial charge in [0.15, 0.2) is 11.5 Å². The van der Waals surface area contributed by atoms with E-state index in [-0.39, 0.29) is 12.3 Å². The first-order chi connectivity index (χ1) is 8.52. The highest BCUT2D eigenvalue weighted by Crippen LogP contribution is 2.27. The monoisotopic (exact) mass is 275 g/mol. The van der Waals surface area contributed by atoms with Gasteiger partial charge in [0, 0.05) is 6.54 Å². The molecule has 0 fully saturated rings. The van der Waals surface area contributed by atoms with E-state index >= 15 is 0 Å². The molecule has 7 heteroatoms. The lowest BCUT2D eigenvalue weighted by molar-refractivity contribution is 0.319. The van der Waals surface area contributed by atoms with Crippen LogP contribution in [-0.2, 0) is 16.6 Å². The zero-order valence-electron chi connectivity index (χ0n) is 10.3. The van der Waals surface area contributed by atoms with Crippen molar-refractivity contribution in [3.63, 3.8) is 0 Å². The van der Waals surface area contributed by atoms with Gasteiger partial charge in [-0.2, -0.15) is 0 Å². The fourth-order valence-electron chi connectivity index (χ4n) is 1.38. The van der Waals surface area contributed by atoms with Crippen molar-refractivity contribution in [2.75, 3.05) is 26.6 Å². The molecule has 2 N–H and O–H groups in total. The predicted molar refractivity (Wildman–Crippen MR) is 67.3 cm³/mol. The lowest BCUT2D eigenvalue weighted by atomic mass is 10.2. The van der Waals surface area contributed by atoms with Gasteiger partial charge in [-0.3, -0.25) is 0 Å². The fraction of sp³-hybridized carbons (Fsp3) is 0.455. The summed E-state index contributed by atoms with van der Waals surface area (Å²) in [6.45, 7) is -0.260.